The lowest BCUT2D eigenvalue weighted by atomic mass is 9.98. The second-order valence-corrected chi connectivity index (χ2v) is 9.34. The highest BCUT2D eigenvalue weighted by Gasteiger charge is 2.31. The molecule has 2 heterocycles. The zero-order valence-electron chi connectivity index (χ0n) is 15.5. The van der Waals surface area contributed by atoms with Crippen molar-refractivity contribution in [3.63, 3.8) is 0 Å². The van der Waals surface area contributed by atoms with Crippen molar-refractivity contribution in [2.45, 2.75) is 45.6 Å². The second kappa shape index (κ2) is 7.15. The van der Waals surface area contributed by atoms with E-state index in [0.29, 0.717) is 37.5 Å². The van der Waals surface area contributed by atoms with Crippen molar-refractivity contribution >= 4 is 21.8 Å². The summed E-state index contributed by atoms with van der Waals surface area (Å²) in [4.78, 5) is 24.7. The van der Waals surface area contributed by atoms with Gasteiger partial charge in [-0.2, -0.15) is 0 Å². The quantitative estimate of drug-likeness (QED) is 0.553. The summed E-state index contributed by atoms with van der Waals surface area (Å²) in [7, 11) is -3.22. The van der Waals surface area contributed by atoms with E-state index >= 15 is 0 Å². The Labute approximate surface area is 154 Å². The molecule has 0 spiro atoms. The molecule has 1 saturated carbocycles. The van der Waals surface area contributed by atoms with Gasteiger partial charge in [-0.15, -0.1) is 0 Å². The molecule has 0 bridgehead atoms. The fraction of sp³-hybridized carbons (Fsp3) is 0.667. The molecule has 26 heavy (non-hydrogen) atoms. The minimum atomic E-state index is -3.22. The molecule has 3 rings (SSSR count). The first-order valence-electron chi connectivity index (χ1n) is 9.02. The number of hydrogen-bond donors (Lipinski definition) is 0. The maximum atomic E-state index is 12.5. The Morgan fingerprint density at radius 2 is 1.77 bits per heavy atom. The molecular formula is C18H26N2O5S. The SMILES string of the molecule is Cc1cc(C(=O)COC(=O)C2CCN(S(C)(=O)=O)CC2)c(C)n1C1CC1. The van der Waals surface area contributed by atoms with E-state index in [1.807, 2.05) is 19.9 Å². The number of nitrogens with zero attached hydrogens (tertiary/aromatic N) is 2. The van der Waals surface area contributed by atoms with Gasteiger partial charge in [-0.25, -0.2) is 12.7 Å². The van der Waals surface area contributed by atoms with Gasteiger partial charge in [0, 0.05) is 36.1 Å². The van der Waals surface area contributed by atoms with Gasteiger partial charge in [0.15, 0.2) is 6.61 Å². The average molecular weight is 382 g/mol. The smallest absolute Gasteiger partial charge is 0.309 e. The second-order valence-electron chi connectivity index (χ2n) is 7.35. The molecular weight excluding hydrogens is 356 g/mol. The van der Waals surface area contributed by atoms with Crippen molar-refractivity contribution in [3.05, 3.63) is 23.0 Å². The fourth-order valence-corrected chi connectivity index (χ4v) is 4.58. The van der Waals surface area contributed by atoms with Crippen molar-refractivity contribution in [3.8, 4) is 0 Å². The molecule has 2 aliphatic rings. The van der Waals surface area contributed by atoms with Gasteiger partial charge < -0.3 is 9.30 Å². The maximum Gasteiger partial charge on any atom is 0.309 e. The Bertz CT molecular complexity index is 815. The largest absolute Gasteiger partial charge is 0.457 e. The van der Waals surface area contributed by atoms with Crippen LogP contribution >= 0.6 is 0 Å². The number of ether oxygens (including phenoxy) is 1. The third kappa shape index (κ3) is 4.01. The number of sulfonamides is 1. The Hall–Kier alpha value is -1.67. The van der Waals surface area contributed by atoms with E-state index in [4.69, 9.17) is 4.74 Å². The molecule has 0 aromatic carbocycles. The average Bonchev–Trinajstić information content (AvgIpc) is 3.37. The van der Waals surface area contributed by atoms with Crippen molar-refractivity contribution < 1.29 is 22.7 Å². The predicted octanol–water partition coefficient (Wildman–Crippen LogP) is 1.84. The third-order valence-electron chi connectivity index (χ3n) is 5.30. The number of Topliss-reactive ketones (excluding diaryl/α,β-unsaturated/α-hetero) is 1. The fourth-order valence-electron chi connectivity index (χ4n) is 3.71. The van der Waals surface area contributed by atoms with Crippen molar-refractivity contribution in [1.82, 2.24) is 8.87 Å². The van der Waals surface area contributed by atoms with Crippen LogP contribution in [0, 0.1) is 19.8 Å². The van der Waals surface area contributed by atoms with E-state index in [-0.39, 0.29) is 18.3 Å². The Kier molecular flexibility index (Phi) is 5.25. The van der Waals surface area contributed by atoms with Crippen LogP contribution in [0.15, 0.2) is 6.07 Å². The van der Waals surface area contributed by atoms with E-state index < -0.39 is 16.0 Å². The highest BCUT2D eigenvalue weighted by atomic mass is 32.2. The van der Waals surface area contributed by atoms with Crippen LogP contribution < -0.4 is 0 Å². The molecule has 0 radical (unpaired) electrons. The van der Waals surface area contributed by atoms with Gasteiger partial charge in [-0.05, 0) is 45.6 Å². The summed E-state index contributed by atoms with van der Waals surface area (Å²) in [6.45, 7) is 4.29. The number of carbonyl (C=O) groups excluding carboxylic acids is 2. The lowest BCUT2D eigenvalue weighted by molar-refractivity contribution is -0.148. The minimum absolute atomic E-state index is 0.188. The van der Waals surface area contributed by atoms with E-state index in [9.17, 15) is 18.0 Å². The highest BCUT2D eigenvalue weighted by molar-refractivity contribution is 7.88. The lowest BCUT2D eigenvalue weighted by Crippen LogP contribution is -2.40. The molecule has 8 heteroatoms. The summed E-state index contributed by atoms with van der Waals surface area (Å²) < 4.78 is 31.8. The number of piperidine rings is 1. The van der Waals surface area contributed by atoms with E-state index in [0.717, 1.165) is 24.2 Å². The molecule has 1 aliphatic carbocycles. The van der Waals surface area contributed by atoms with Crippen LogP contribution in [0.2, 0.25) is 0 Å². The standard InChI is InChI=1S/C18H26N2O5S/c1-12-10-16(13(2)20(12)15-4-5-15)17(21)11-25-18(22)14-6-8-19(9-7-14)26(3,23)24/h10,14-15H,4-9,11H2,1-3H3. The molecule has 0 atom stereocenters. The third-order valence-corrected chi connectivity index (χ3v) is 6.60. The van der Waals surface area contributed by atoms with E-state index in [1.165, 1.54) is 10.6 Å². The van der Waals surface area contributed by atoms with Gasteiger partial charge in [0.1, 0.15) is 0 Å². The number of rotatable bonds is 6. The monoisotopic (exact) mass is 382 g/mol. The first kappa shape index (κ1) is 19.1. The summed E-state index contributed by atoms with van der Waals surface area (Å²) >= 11 is 0. The number of aryl methyl sites for hydroxylation is 1. The summed E-state index contributed by atoms with van der Waals surface area (Å²) in [5.41, 5.74) is 2.62. The number of ketones is 1. The van der Waals surface area contributed by atoms with Crippen molar-refractivity contribution in [2.24, 2.45) is 5.92 Å². The molecule has 1 aliphatic heterocycles. The molecule has 2 fully saturated rings. The summed E-state index contributed by atoms with van der Waals surface area (Å²) in [5.74, 6) is -0.950. The number of carbonyl (C=O) groups is 2. The van der Waals surface area contributed by atoms with Crippen LogP contribution in [0.1, 0.15) is 53.5 Å². The molecule has 1 saturated heterocycles. The Morgan fingerprint density at radius 3 is 2.31 bits per heavy atom. The van der Waals surface area contributed by atoms with E-state index in [1.54, 1.807) is 0 Å². The predicted molar refractivity (Wildman–Crippen MR) is 96.6 cm³/mol. The highest BCUT2D eigenvalue weighted by Crippen LogP contribution is 2.38. The van der Waals surface area contributed by atoms with Gasteiger partial charge in [0.25, 0.3) is 0 Å². The van der Waals surface area contributed by atoms with Crippen LogP contribution in [0.5, 0.6) is 0 Å². The van der Waals surface area contributed by atoms with Gasteiger partial charge in [-0.3, -0.25) is 9.59 Å². The molecule has 1 aromatic rings. The van der Waals surface area contributed by atoms with Gasteiger partial charge in [0.2, 0.25) is 15.8 Å². The number of hydrogen-bond acceptors (Lipinski definition) is 5. The first-order chi connectivity index (χ1) is 12.2. The lowest BCUT2D eigenvalue weighted by Gasteiger charge is -2.28. The van der Waals surface area contributed by atoms with Crippen LogP contribution in [-0.2, 0) is 19.6 Å². The topological polar surface area (TPSA) is 85.7 Å². The summed E-state index contributed by atoms with van der Waals surface area (Å²) in [6.07, 6.45) is 4.31. The Balaban J connectivity index is 1.54. The first-order valence-corrected chi connectivity index (χ1v) is 10.9. The van der Waals surface area contributed by atoms with Gasteiger partial charge in [0.05, 0.1) is 12.2 Å². The molecule has 0 unspecified atom stereocenters. The van der Waals surface area contributed by atoms with Crippen LogP contribution in [0.3, 0.4) is 0 Å². The normalized spacial score (nSPS) is 19.5. The molecule has 0 N–H and O–H groups in total. The summed E-state index contributed by atoms with van der Waals surface area (Å²) in [5, 5.41) is 0. The number of esters is 1. The van der Waals surface area contributed by atoms with Gasteiger partial charge in [-0.1, -0.05) is 0 Å². The van der Waals surface area contributed by atoms with Crippen molar-refractivity contribution in [1.29, 1.82) is 0 Å². The van der Waals surface area contributed by atoms with Crippen LogP contribution in [0.25, 0.3) is 0 Å². The van der Waals surface area contributed by atoms with Crippen LogP contribution in [0.4, 0.5) is 0 Å². The zero-order chi connectivity index (χ0) is 19.1. The number of aromatic nitrogens is 1. The Morgan fingerprint density at radius 1 is 1.15 bits per heavy atom. The van der Waals surface area contributed by atoms with Gasteiger partial charge >= 0.3 is 5.97 Å². The van der Waals surface area contributed by atoms with Crippen molar-refractivity contribution in [2.75, 3.05) is 26.0 Å². The van der Waals surface area contributed by atoms with E-state index in [2.05, 4.69) is 4.57 Å². The minimum Gasteiger partial charge on any atom is -0.457 e. The molecule has 144 valence electrons. The maximum absolute atomic E-state index is 12.5. The zero-order valence-corrected chi connectivity index (χ0v) is 16.3. The summed E-state index contributed by atoms with van der Waals surface area (Å²) in [6, 6.07) is 2.37. The van der Waals surface area contributed by atoms with Crippen LogP contribution in [-0.4, -0.2) is 55.0 Å². The molecule has 1 aromatic heterocycles. The molecule has 7 nitrogen and oxygen atoms in total. The molecule has 0 amide bonds.